The highest BCUT2D eigenvalue weighted by atomic mass is 35.5. The number of anilines is 1. The van der Waals surface area contributed by atoms with Gasteiger partial charge in [0, 0.05) is 17.2 Å². The molecule has 0 atom stereocenters. The first-order valence-electron chi connectivity index (χ1n) is 5.57. The first-order chi connectivity index (χ1) is 8.66. The van der Waals surface area contributed by atoms with Gasteiger partial charge in [0.1, 0.15) is 19.0 Å². The van der Waals surface area contributed by atoms with Gasteiger partial charge in [-0.25, -0.2) is 0 Å². The number of nitrogens with one attached hydrogen (secondary N) is 1. The monoisotopic (exact) mass is 265 g/mol. The Kier molecular flexibility index (Phi) is 2.56. The highest BCUT2D eigenvalue weighted by Gasteiger charge is 2.21. The smallest absolute Gasteiger partial charge is 0.180 e. The van der Waals surface area contributed by atoms with Crippen LogP contribution in [0.4, 0.5) is 5.82 Å². The summed E-state index contributed by atoms with van der Waals surface area (Å²) >= 11 is 6.21. The first-order valence-corrected chi connectivity index (χ1v) is 5.94. The second-order valence-corrected chi connectivity index (χ2v) is 4.50. The topological polar surface area (TPSA) is 73.2 Å². The molecule has 0 unspecified atom stereocenters. The molecule has 0 fully saturated rings. The third kappa shape index (κ3) is 1.67. The van der Waals surface area contributed by atoms with Crippen LogP contribution in [-0.2, 0) is 0 Å². The lowest BCUT2D eigenvalue weighted by molar-refractivity contribution is 0.170. The largest absolute Gasteiger partial charge is 0.486 e. The molecule has 1 aromatic carbocycles. The zero-order valence-electron chi connectivity index (χ0n) is 9.79. The number of halogens is 1. The maximum Gasteiger partial charge on any atom is 0.180 e. The van der Waals surface area contributed by atoms with Crippen molar-refractivity contribution >= 4 is 17.4 Å². The molecule has 3 N–H and O–H groups in total. The molecule has 2 aromatic rings. The Balaban J connectivity index is 2.19. The lowest BCUT2D eigenvalue weighted by Gasteiger charge is -2.22. The molecular formula is C12H12ClN3O2. The highest BCUT2D eigenvalue weighted by Crippen LogP contribution is 2.44. The highest BCUT2D eigenvalue weighted by molar-refractivity contribution is 6.32. The minimum Gasteiger partial charge on any atom is -0.486 e. The Labute approximate surface area is 109 Å². The first kappa shape index (κ1) is 11.2. The molecule has 5 nitrogen and oxygen atoms in total. The number of aromatic amines is 1. The Bertz CT molecular complexity index is 610. The van der Waals surface area contributed by atoms with E-state index in [2.05, 4.69) is 10.2 Å². The van der Waals surface area contributed by atoms with Gasteiger partial charge in [0.05, 0.1) is 10.7 Å². The summed E-state index contributed by atoms with van der Waals surface area (Å²) in [4.78, 5) is 0. The van der Waals surface area contributed by atoms with Crippen LogP contribution in [0.5, 0.6) is 11.5 Å². The summed E-state index contributed by atoms with van der Waals surface area (Å²) in [6, 6.07) is 3.59. The Morgan fingerprint density at radius 2 is 2.00 bits per heavy atom. The number of nitrogen functional groups attached to an aromatic ring is 1. The van der Waals surface area contributed by atoms with Crippen molar-refractivity contribution < 1.29 is 9.47 Å². The van der Waals surface area contributed by atoms with Gasteiger partial charge in [0.2, 0.25) is 0 Å². The van der Waals surface area contributed by atoms with E-state index in [1.54, 1.807) is 6.07 Å². The van der Waals surface area contributed by atoms with E-state index in [0.717, 1.165) is 16.8 Å². The van der Waals surface area contributed by atoms with Crippen molar-refractivity contribution in [3.63, 3.8) is 0 Å². The summed E-state index contributed by atoms with van der Waals surface area (Å²) in [5, 5.41) is 7.31. The number of nitrogens with zero attached hydrogens (tertiary/aromatic N) is 1. The number of H-pyrrole nitrogens is 1. The molecule has 18 heavy (non-hydrogen) atoms. The molecule has 94 valence electrons. The van der Waals surface area contributed by atoms with Gasteiger partial charge in [-0.3, -0.25) is 5.10 Å². The zero-order valence-corrected chi connectivity index (χ0v) is 10.5. The van der Waals surface area contributed by atoms with E-state index < -0.39 is 0 Å². The fourth-order valence-electron chi connectivity index (χ4n) is 2.05. The molecule has 1 aromatic heterocycles. The van der Waals surface area contributed by atoms with E-state index in [-0.39, 0.29) is 0 Å². The average molecular weight is 266 g/mol. The van der Waals surface area contributed by atoms with Crippen molar-refractivity contribution in [2.75, 3.05) is 18.9 Å². The van der Waals surface area contributed by atoms with Crippen LogP contribution in [0.15, 0.2) is 12.1 Å². The fourth-order valence-corrected chi connectivity index (χ4v) is 2.30. The van der Waals surface area contributed by atoms with Crippen LogP contribution in [0.25, 0.3) is 11.3 Å². The number of fused-ring (bicyclic) bond motifs is 1. The van der Waals surface area contributed by atoms with Crippen LogP contribution < -0.4 is 15.2 Å². The molecule has 1 aliphatic heterocycles. The maximum absolute atomic E-state index is 6.21. The molecular weight excluding hydrogens is 254 g/mol. The van der Waals surface area contributed by atoms with Crippen molar-refractivity contribution in [1.82, 2.24) is 10.2 Å². The van der Waals surface area contributed by atoms with Crippen molar-refractivity contribution in [2.24, 2.45) is 0 Å². The molecule has 0 saturated heterocycles. The molecule has 6 heteroatoms. The standard InChI is InChI=1S/C12H12ClN3O2/c1-6-7(9-5-10(14)16-15-9)4-8(13)12-11(6)17-2-3-18-12/h4-5H,2-3H2,1H3,(H3,14,15,16). The molecule has 2 heterocycles. The van der Waals surface area contributed by atoms with Gasteiger partial charge in [-0.2, -0.15) is 5.10 Å². The zero-order chi connectivity index (χ0) is 12.7. The molecule has 0 amide bonds. The van der Waals surface area contributed by atoms with E-state index in [9.17, 15) is 0 Å². The molecule has 3 rings (SSSR count). The van der Waals surface area contributed by atoms with Crippen molar-refractivity contribution in [1.29, 1.82) is 0 Å². The predicted octanol–water partition coefficient (Wildman–Crippen LogP) is 2.39. The summed E-state index contributed by atoms with van der Waals surface area (Å²) in [5.41, 5.74) is 8.29. The molecule has 0 saturated carbocycles. The van der Waals surface area contributed by atoms with Gasteiger partial charge in [0.15, 0.2) is 11.5 Å². The summed E-state index contributed by atoms with van der Waals surface area (Å²) in [6.07, 6.45) is 0. The summed E-state index contributed by atoms with van der Waals surface area (Å²) in [5.74, 6) is 1.74. The molecule has 0 bridgehead atoms. The number of benzene rings is 1. The minimum absolute atomic E-state index is 0.440. The van der Waals surface area contributed by atoms with Crippen molar-refractivity contribution in [2.45, 2.75) is 6.92 Å². The Morgan fingerprint density at radius 3 is 2.67 bits per heavy atom. The summed E-state index contributed by atoms with van der Waals surface area (Å²) < 4.78 is 11.2. The van der Waals surface area contributed by atoms with Crippen LogP contribution in [0.3, 0.4) is 0 Å². The van der Waals surface area contributed by atoms with Gasteiger partial charge < -0.3 is 15.2 Å². The van der Waals surface area contributed by atoms with Gasteiger partial charge >= 0.3 is 0 Å². The predicted molar refractivity (Wildman–Crippen MR) is 69.2 cm³/mol. The van der Waals surface area contributed by atoms with E-state index in [1.165, 1.54) is 0 Å². The van der Waals surface area contributed by atoms with E-state index >= 15 is 0 Å². The molecule has 0 aliphatic carbocycles. The van der Waals surface area contributed by atoms with Crippen molar-refractivity contribution in [3.05, 3.63) is 22.7 Å². The second-order valence-electron chi connectivity index (χ2n) is 4.09. The minimum atomic E-state index is 0.440. The Hall–Kier alpha value is -1.88. The van der Waals surface area contributed by atoms with Crippen LogP contribution in [0.1, 0.15) is 5.56 Å². The SMILES string of the molecule is Cc1c(-c2cc(N)n[nH]2)cc(Cl)c2c1OCCO2. The van der Waals surface area contributed by atoms with E-state index in [4.69, 9.17) is 26.8 Å². The number of rotatable bonds is 1. The molecule has 0 radical (unpaired) electrons. The molecule has 0 spiro atoms. The average Bonchev–Trinajstić information content (AvgIpc) is 2.80. The van der Waals surface area contributed by atoms with Crippen LogP contribution in [0, 0.1) is 6.92 Å². The van der Waals surface area contributed by atoms with E-state index in [1.807, 2.05) is 13.0 Å². The van der Waals surface area contributed by atoms with E-state index in [0.29, 0.717) is 35.6 Å². The lowest BCUT2D eigenvalue weighted by atomic mass is 10.0. The quantitative estimate of drug-likeness (QED) is 0.830. The van der Waals surface area contributed by atoms with Gasteiger partial charge in [0.25, 0.3) is 0 Å². The lowest BCUT2D eigenvalue weighted by Crippen LogP contribution is -2.16. The van der Waals surface area contributed by atoms with Crippen LogP contribution >= 0.6 is 11.6 Å². The number of aromatic nitrogens is 2. The maximum atomic E-state index is 6.21. The van der Waals surface area contributed by atoms with Gasteiger partial charge in [-0.15, -0.1) is 0 Å². The van der Waals surface area contributed by atoms with Crippen molar-refractivity contribution in [3.8, 4) is 22.8 Å². The number of hydrogen-bond acceptors (Lipinski definition) is 4. The second kappa shape index (κ2) is 4.10. The third-order valence-corrected chi connectivity index (χ3v) is 3.18. The van der Waals surface area contributed by atoms with Crippen LogP contribution in [0.2, 0.25) is 5.02 Å². The normalized spacial score (nSPS) is 13.7. The third-order valence-electron chi connectivity index (χ3n) is 2.90. The number of nitrogens with two attached hydrogens (primary N) is 1. The number of hydrogen-bond donors (Lipinski definition) is 2. The Morgan fingerprint density at radius 1 is 1.28 bits per heavy atom. The summed E-state index contributed by atoms with van der Waals surface area (Å²) in [6.45, 7) is 3.00. The molecule has 1 aliphatic rings. The summed E-state index contributed by atoms with van der Waals surface area (Å²) in [7, 11) is 0. The van der Waals surface area contributed by atoms with Gasteiger partial charge in [-0.1, -0.05) is 11.6 Å². The number of ether oxygens (including phenoxy) is 2. The van der Waals surface area contributed by atoms with Crippen LogP contribution in [-0.4, -0.2) is 23.4 Å². The fraction of sp³-hybridized carbons (Fsp3) is 0.250. The van der Waals surface area contributed by atoms with Gasteiger partial charge in [-0.05, 0) is 13.0 Å².